The zero-order chi connectivity index (χ0) is 23.2. The smallest absolute Gasteiger partial charge is 0.432 e. The molecule has 0 saturated carbocycles. The number of hydrogen-bond donors (Lipinski definition) is 1. The molecule has 0 amide bonds. The molecule has 1 atom stereocenters. The fourth-order valence-electron chi connectivity index (χ4n) is 2.03. The predicted molar refractivity (Wildman–Crippen MR) is 100 cm³/mol. The Balaban J connectivity index is 2.46. The molecule has 0 bridgehead atoms. The number of carbonyl (C=O) groups is 2. The van der Waals surface area contributed by atoms with E-state index in [1.54, 1.807) is 0 Å². The second-order valence-electron chi connectivity index (χ2n) is 5.90. The Morgan fingerprint density at radius 2 is 1.57 bits per heavy atom. The first-order chi connectivity index (χ1) is 13.6. The minimum atomic E-state index is -6.51. The second-order valence-corrected chi connectivity index (χ2v) is 8.64. The van der Waals surface area contributed by atoms with Gasteiger partial charge in [-0.3, -0.25) is 14.1 Å². The van der Waals surface area contributed by atoms with Crippen molar-refractivity contribution in [3.63, 3.8) is 0 Å². The highest BCUT2D eigenvalue weighted by Crippen LogP contribution is 2.38. The lowest BCUT2D eigenvalue weighted by atomic mass is 10.2. The zero-order valence-electron chi connectivity index (χ0n) is 15.0. The van der Waals surface area contributed by atoms with Crippen molar-refractivity contribution in [2.24, 2.45) is 0 Å². The highest BCUT2D eigenvalue weighted by atomic mass is 127. The average molecular weight is 574 g/mol. The van der Waals surface area contributed by atoms with E-state index in [9.17, 15) is 40.0 Å². The van der Waals surface area contributed by atoms with Crippen molar-refractivity contribution in [2.75, 3.05) is 6.61 Å². The maximum Gasteiger partial charge on any atom is 0.432 e. The van der Waals surface area contributed by atoms with Crippen molar-refractivity contribution in [3.8, 4) is 0 Å². The molecule has 0 aromatic heterocycles. The van der Waals surface area contributed by atoms with Crippen LogP contribution in [0.15, 0.2) is 24.3 Å². The van der Waals surface area contributed by atoms with E-state index in [0.717, 1.165) is 9.13 Å². The first kappa shape index (κ1) is 26.5. The predicted octanol–water partition coefficient (Wildman–Crippen LogP) is 3.50. The molecule has 14 heteroatoms. The van der Waals surface area contributed by atoms with Crippen LogP contribution in [-0.2, 0) is 35.6 Å². The Hall–Kier alpha value is -1.55. The summed E-state index contributed by atoms with van der Waals surface area (Å²) in [6.07, 6.45) is -11.6. The molecular formula is C16H16F5IO7S. The number of alkyl halides is 5. The van der Waals surface area contributed by atoms with Crippen LogP contribution in [0.4, 0.5) is 22.0 Å². The van der Waals surface area contributed by atoms with E-state index in [4.69, 9.17) is 9.29 Å². The van der Waals surface area contributed by atoms with E-state index in [2.05, 4.69) is 27.3 Å². The number of rotatable bonds is 10. The molecule has 7 nitrogen and oxygen atoms in total. The molecule has 0 spiro atoms. The highest BCUT2D eigenvalue weighted by Gasteiger charge is 2.65. The van der Waals surface area contributed by atoms with Gasteiger partial charge in [0.15, 0.2) is 0 Å². The van der Waals surface area contributed by atoms with Crippen LogP contribution < -0.4 is 0 Å². The van der Waals surface area contributed by atoms with Crippen LogP contribution in [0.5, 0.6) is 0 Å². The summed E-state index contributed by atoms with van der Waals surface area (Å²) in [6, 6.07) is 7.35. The Morgan fingerprint density at radius 3 is 2.07 bits per heavy atom. The summed E-state index contributed by atoms with van der Waals surface area (Å²) in [7, 11) is -6.51. The van der Waals surface area contributed by atoms with Gasteiger partial charge >= 0.3 is 33.5 Å². The molecule has 0 heterocycles. The molecule has 1 N–H and O–H groups in total. The van der Waals surface area contributed by atoms with Gasteiger partial charge in [-0.2, -0.15) is 30.4 Å². The third-order valence-electron chi connectivity index (χ3n) is 3.52. The normalized spacial score (nSPS) is 13.6. The lowest BCUT2D eigenvalue weighted by Crippen LogP contribution is -2.52. The topological polar surface area (TPSA) is 107 Å². The van der Waals surface area contributed by atoms with Crippen molar-refractivity contribution in [3.05, 3.63) is 33.4 Å². The van der Waals surface area contributed by atoms with E-state index < -0.39 is 52.4 Å². The minimum absolute atomic E-state index is 0.0145. The van der Waals surface area contributed by atoms with Crippen molar-refractivity contribution in [2.45, 2.75) is 43.2 Å². The maximum atomic E-state index is 13.3. The molecule has 0 aliphatic carbocycles. The zero-order valence-corrected chi connectivity index (χ0v) is 18.0. The summed E-state index contributed by atoms with van der Waals surface area (Å²) in [4.78, 5) is 23.0. The van der Waals surface area contributed by atoms with Crippen LogP contribution in [0.25, 0.3) is 0 Å². The molecule has 30 heavy (non-hydrogen) atoms. The van der Waals surface area contributed by atoms with Crippen LogP contribution in [0.1, 0.15) is 24.8 Å². The molecular weight excluding hydrogens is 558 g/mol. The molecule has 1 aromatic rings. The van der Waals surface area contributed by atoms with Gasteiger partial charge in [-0.25, -0.2) is 0 Å². The monoisotopic (exact) mass is 574 g/mol. The van der Waals surface area contributed by atoms with Gasteiger partial charge in [0.05, 0.1) is 6.61 Å². The number of esters is 2. The van der Waals surface area contributed by atoms with Gasteiger partial charge in [-0.15, -0.1) is 0 Å². The molecule has 1 unspecified atom stereocenters. The van der Waals surface area contributed by atoms with Gasteiger partial charge < -0.3 is 9.47 Å². The maximum absolute atomic E-state index is 13.3. The first-order valence-corrected chi connectivity index (χ1v) is 10.7. The van der Waals surface area contributed by atoms with Crippen LogP contribution in [0.2, 0.25) is 0 Å². The van der Waals surface area contributed by atoms with Gasteiger partial charge in [0.25, 0.3) is 6.10 Å². The number of hydrogen-bond acceptors (Lipinski definition) is 6. The molecule has 0 saturated heterocycles. The summed E-state index contributed by atoms with van der Waals surface area (Å²) in [5.41, 5.74) is 0.893. The molecule has 0 fully saturated rings. The Labute approximate surface area is 181 Å². The van der Waals surface area contributed by atoms with E-state index in [1.807, 2.05) is 24.3 Å². The molecule has 0 aliphatic heterocycles. The first-order valence-electron chi connectivity index (χ1n) is 8.15. The molecule has 0 aliphatic rings. The van der Waals surface area contributed by atoms with E-state index in [1.165, 1.54) is 0 Å². The third kappa shape index (κ3) is 8.29. The third-order valence-corrected chi connectivity index (χ3v) is 5.15. The average Bonchev–Trinajstić information content (AvgIpc) is 2.59. The van der Waals surface area contributed by atoms with Gasteiger partial charge in [0, 0.05) is 22.8 Å². The molecule has 170 valence electrons. The number of halogens is 6. The van der Waals surface area contributed by atoms with E-state index in [-0.39, 0.29) is 13.0 Å². The Morgan fingerprint density at radius 1 is 1.03 bits per heavy atom. The fourth-order valence-corrected chi connectivity index (χ4v) is 2.85. The van der Waals surface area contributed by atoms with E-state index >= 15 is 0 Å². The summed E-state index contributed by atoms with van der Waals surface area (Å²) in [5, 5.41) is -5.80. The van der Waals surface area contributed by atoms with Gasteiger partial charge in [0.2, 0.25) is 0 Å². The van der Waals surface area contributed by atoms with E-state index in [0.29, 0.717) is 6.42 Å². The summed E-state index contributed by atoms with van der Waals surface area (Å²) in [5.74, 6) is -2.60. The van der Waals surface area contributed by atoms with Crippen molar-refractivity contribution in [1.82, 2.24) is 0 Å². The lowest BCUT2D eigenvalue weighted by Gasteiger charge is -2.26. The Kier molecular flexibility index (Phi) is 9.41. The number of carbonyl (C=O) groups excluding carboxylic acids is 2. The molecule has 1 rings (SSSR count). The Bertz CT molecular complexity index is 841. The minimum Gasteiger partial charge on any atom is -0.465 e. The number of ether oxygens (including phenoxy) is 2. The van der Waals surface area contributed by atoms with Crippen LogP contribution >= 0.6 is 22.6 Å². The van der Waals surface area contributed by atoms with Crippen molar-refractivity contribution in [1.29, 1.82) is 0 Å². The second kappa shape index (κ2) is 10.7. The summed E-state index contributed by atoms with van der Waals surface area (Å²) in [6.45, 7) is 0.0145. The number of benzene rings is 1. The van der Waals surface area contributed by atoms with Gasteiger partial charge in [-0.05, 0) is 46.7 Å². The summed E-state index contributed by atoms with van der Waals surface area (Å²) < 4.78 is 103. The molecule has 1 aromatic carbocycles. The fraction of sp³-hybridized carbons (Fsp3) is 0.500. The van der Waals surface area contributed by atoms with Crippen molar-refractivity contribution < 1.29 is 54.0 Å². The van der Waals surface area contributed by atoms with Crippen molar-refractivity contribution >= 4 is 44.6 Å². The standard InChI is InChI=1S/C16H16F5IO7S/c17-15(18,19)14(16(20,21)30(25,26)27)29-13(24)3-1-2-12(23)28-9-8-10-4-6-11(22)7-5-10/h4-7,14H,1-3,8-9H2,(H,25,26,27). The lowest BCUT2D eigenvalue weighted by molar-refractivity contribution is -0.259. The van der Waals surface area contributed by atoms with Crippen LogP contribution in [0.3, 0.4) is 0 Å². The summed E-state index contributed by atoms with van der Waals surface area (Å²) >= 11 is 2.12. The van der Waals surface area contributed by atoms with Crippen LogP contribution in [-0.4, -0.2) is 49.1 Å². The SMILES string of the molecule is O=C(CCCC(=O)OC(C(F)(F)F)C(F)(F)S(=O)(=O)O)OCCc1ccc(I)cc1. The van der Waals surface area contributed by atoms with Gasteiger partial charge in [0.1, 0.15) is 0 Å². The van der Waals surface area contributed by atoms with Crippen LogP contribution in [0, 0.1) is 3.57 Å². The quantitative estimate of drug-likeness (QED) is 0.197. The van der Waals surface area contributed by atoms with Gasteiger partial charge in [-0.1, -0.05) is 12.1 Å². The highest BCUT2D eigenvalue weighted by molar-refractivity contribution is 14.1. The molecule has 0 radical (unpaired) electrons. The largest absolute Gasteiger partial charge is 0.465 e.